The Morgan fingerprint density at radius 3 is 1.62 bits per heavy atom. The van der Waals surface area contributed by atoms with E-state index in [1.165, 1.54) is 35.2 Å². The lowest BCUT2D eigenvalue weighted by molar-refractivity contribution is -0.0269. The zero-order valence-corrected chi connectivity index (χ0v) is 17.0. The van der Waals surface area contributed by atoms with Gasteiger partial charge in [-0.25, -0.2) is 0 Å². The minimum Gasteiger partial charge on any atom is -0.381 e. The molecule has 0 aromatic heterocycles. The second-order valence-corrected chi connectivity index (χ2v) is 8.68. The Morgan fingerprint density at radius 2 is 1.19 bits per heavy atom. The lowest BCUT2D eigenvalue weighted by atomic mass is 9.82. The van der Waals surface area contributed by atoms with Crippen LogP contribution in [0.2, 0.25) is 0 Å². The van der Waals surface area contributed by atoms with Gasteiger partial charge in [0.1, 0.15) is 0 Å². The third kappa shape index (κ3) is 6.03. The molecule has 0 N–H and O–H groups in total. The van der Waals surface area contributed by atoms with E-state index in [-0.39, 0.29) is 5.41 Å². The average Bonchev–Trinajstić information content (AvgIpc) is 2.66. The van der Waals surface area contributed by atoms with Gasteiger partial charge in [0.25, 0.3) is 0 Å². The maximum absolute atomic E-state index is 5.99. The fourth-order valence-corrected chi connectivity index (χ4v) is 4.15. The smallest absolute Gasteiger partial charge is 0.0699 e. The highest BCUT2D eigenvalue weighted by atomic mass is 32.2. The standard InChI is InChI=1S/C21H26O3S2/c1-17-3-7-19(8-4-17)25-23-15-21(11-13-22-14-12-21)16-24-26-20-9-5-18(2)6-10-20/h3-10H,11-16H2,1-2H3. The van der Waals surface area contributed by atoms with Crippen LogP contribution in [0.5, 0.6) is 0 Å². The molecule has 1 heterocycles. The maximum Gasteiger partial charge on any atom is 0.0699 e. The second-order valence-electron chi connectivity index (χ2n) is 6.93. The summed E-state index contributed by atoms with van der Waals surface area (Å²) < 4.78 is 17.5. The summed E-state index contributed by atoms with van der Waals surface area (Å²) in [5.74, 6) is 0. The number of hydrogen-bond donors (Lipinski definition) is 0. The molecule has 1 aliphatic rings. The molecule has 0 atom stereocenters. The molecule has 1 aliphatic heterocycles. The third-order valence-electron chi connectivity index (χ3n) is 4.64. The van der Waals surface area contributed by atoms with Gasteiger partial charge >= 0.3 is 0 Å². The first-order chi connectivity index (χ1) is 12.7. The van der Waals surface area contributed by atoms with Crippen molar-refractivity contribution in [1.29, 1.82) is 0 Å². The van der Waals surface area contributed by atoms with Gasteiger partial charge in [-0.3, -0.25) is 0 Å². The Balaban J connectivity index is 1.50. The average molecular weight is 391 g/mol. The van der Waals surface area contributed by atoms with Crippen molar-refractivity contribution in [2.45, 2.75) is 36.5 Å². The van der Waals surface area contributed by atoms with Crippen molar-refractivity contribution < 1.29 is 13.1 Å². The van der Waals surface area contributed by atoms with Crippen LogP contribution in [0.1, 0.15) is 24.0 Å². The number of rotatable bonds is 8. The molecule has 0 amide bonds. The van der Waals surface area contributed by atoms with Crippen molar-refractivity contribution in [3.8, 4) is 0 Å². The van der Waals surface area contributed by atoms with Gasteiger partial charge in [0.15, 0.2) is 0 Å². The molecule has 2 aromatic carbocycles. The molecule has 1 saturated heterocycles. The van der Waals surface area contributed by atoms with Gasteiger partial charge in [-0.1, -0.05) is 35.4 Å². The Bertz CT molecular complexity index is 611. The number of aryl methyl sites for hydroxylation is 2. The molecule has 2 aromatic rings. The van der Waals surface area contributed by atoms with E-state index in [1.807, 2.05) is 0 Å². The fourth-order valence-electron chi connectivity index (χ4n) is 2.77. The van der Waals surface area contributed by atoms with Crippen LogP contribution >= 0.6 is 24.1 Å². The monoisotopic (exact) mass is 390 g/mol. The van der Waals surface area contributed by atoms with Crippen LogP contribution < -0.4 is 0 Å². The van der Waals surface area contributed by atoms with Crippen LogP contribution in [0.15, 0.2) is 58.3 Å². The highest BCUT2D eigenvalue weighted by Gasteiger charge is 2.34. The zero-order chi connectivity index (χ0) is 18.2. The predicted molar refractivity (Wildman–Crippen MR) is 108 cm³/mol. The molecule has 26 heavy (non-hydrogen) atoms. The van der Waals surface area contributed by atoms with Gasteiger partial charge in [-0.2, -0.15) is 0 Å². The minimum absolute atomic E-state index is 0.0215. The molecule has 1 fully saturated rings. The summed E-state index contributed by atoms with van der Waals surface area (Å²) in [7, 11) is 0. The molecule has 3 rings (SSSR count). The van der Waals surface area contributed by atoms with Gasteiger partial charge in [-0.15, -0.1) is 0 Å². The van der Waals surface area contributed by atoms with Gasteiger partial charge in [-0.05, 0) is 51.0 Å². The Hall–Kier alpha value is -0.980. The van der Waals surface area contributed by atoms with Gasteiger partial charge in [0.05, 0.1) is 13.2 Å². The summed E-state index contributed by atoms with van der Waals surface area (Å²) in [6.07, 6.45) is 1.94. The van der Waals surface area contributed by atoms with Crippen molar-refractivity contribution >= 4 is 24.1 Å². The lowest BCUT2D eigenvalue weighted by Gasteiger charge is -2.35. The highest BCUT2D eigenvalue weighted by molar-refractivity contribution is 7.95. The summed E-state index contributed by atoms with van der Waals surface area (Å²) in [5, 5.41) is 0. The SMILES string of the molecule is Cc1ccc(SOCC2(COSc3ccc(C)cc3)CCOCC2)cc1. The van der Waals surface area contributed by atoms with E-state index in [4.69, 9.17) is 13.1 Å². The minimum atomic E-state index is 0.0215. The van der Waals surface area contributed by atoms with E-state index in [9.17, 15) is 0 Å². The zero-order valence-electron chi connectivity index (χ0n) is 15.4. The Kier molecular flexibility index (Phi) is 7.46. The van der Waals surface area contributed by atoms with Crippen LogP contribution in [0.3, 0.4) is 0 Å². The molecule has 0 spiro atoms. The first-order valence-electron chi connectivity index (χ1n) is 8.95. The molecule has 0 aliphatic carbocycles. The lowest BCUT2D eigenvalue weighted by Crippen LogP contribution is -2.37. The Labute approximate surface area is 165 Å². The summed E-state index contributed by atoms with van der Waals surface area (Å²) in [6, 6.07) is 16.8. The molecule has 3 nitrogen and oxygen atoms in total. The fraction of sp³-hybridized carbons (Fsp3) is 0.429. The van der Waals surface area contributed by atoms with Crippen molar-refractivity contribution in [3.05, 3.63) is 59.7 Å². The number of hydrogen-bond acceptors (Lipinski definition) is 5. The molecule has 0 unspecified atom stereocenters. The summed E-state index contributed by atoms with van der Waals surface area (Å²) in [5.41, 5.74) is 2.54. The normalized spacial score (nSPS) is 16.5. The van der Waals surface area contributed by atoms with Crippen LogP contribution in [-0.2, 0) is 13.1 Å². The van der Waals surface area contributed by atoms with Gasteiger partial charge in [0, 0.05) is 52.5 Å². The molecular formula is C21H26O3S2. The molecule has 0 radical (unpaired) electrons. The van der Waals surface area contributed by atoms with E-state index in [0.29, 0.717) is 13.2 Å². The van der Waals surface area contributed by atoms with E-state index in [2.05, 4.69) is 62.4 Å². The first kappa shape index (κ1) is 19.8. The second kappa shape index (κ2) is 9.81. The van der Waals surface area contributed by atoms with Crippen molar-refractivity contribution in [3.63, 3.8) is 0 Å². The quantitative estimate of drug-likeness (QED) is 0.527. The maximum atomic E-state index is 5.99. The first-order valence-corrected chi connectivity index (χ1v) is 10.4. The van der Waals surface area contributed by atoms with E-state index < -0.39 is 0 Å². The topological polar surface area (TPSA) is 27.7 Å². The van der Waals surface area contributed by atoms with Crippen molar-refractivity contribution in [2.24, 2.45) is 5.41 Å². The molecule has 5 heteroatoms. The van der Waals surface area contributed by atoms with Crippen LogP contribution in [-0.4, -0.2) is 26.4 Å². The van der Waals surface area contributed by atoms with E-state index >= 15 is 0 Å². The molecular weight excluding hydrogens is 364 g/mol. The number of benzene rings is 2. The Morgan fingerprint density at radius 1 is 0.769 bits per heavy atom. The van der Waals surface area contributed by atoms with E-state index in [1.54, 1.807) is 0 Å². The van der Waals surface area contributed by atoms with E-state index in [0.717, 1.165) is 35.8 Å². The van der Waals surface area contributed by atoms with Gasteiger partial charge < -0.3 is 13.1 Å². The highest BCUT2D eigenvalue weighted by Crippen LogP contribution is 2.35. The van der Waals surface area contributed by atoms with Gasteiger partial charge in [0.2, 0.25) is 0 Å². The van der Waals surface area contributed by atoms with Crippen LogP contribution in [0.4, 0.5) is 0 Å². The molecule has 0 saturated carbocycles. The summed E-state index contributed by atoms with van der Waals surface area (Å²) in [6.45, 7) is 7.08. The molecule has 0 bridgehead atoms. The third-order valence-corrected chi connectivity index (χ3v) is 6.04. The van der Waals surface area contributed by atoms with Crippen molar-refractivity contribution in [1.82, 2.24) is 0 Å². The van der Waals surface area contributed by atoms with Crippen LogP contribution in [0.25, 0.3) is 0 Å². The largest absolute Gasteiger partial charge is 0.381 e. The molecule has 140 valence electrons. The summed E-state index contributed by atoms with van der Waals surface area (Å²) >= 11 is 2.90. The summed E-state index contributed by atoms with van der Waals surface area (Å²) in [4.78, 5) is 2.26. The number of ether oxygens (including phenoxy) is 1. The predicted octanol–water partition coefficient (Wildman–Crippen LogP) is 5.85. The van der Waals surface area contributed by atoms with Crippen molar-refractivity contribution in [2.75, 3.05) is 26.4 Å². The van der Waals surface area contributed by atoms with Crippen LogP contribution in [0, 0.1) is 19.3 Å².